The summed E-state index contributed by atoms with van der Waals surface area (Å²) < 4.78 is 2.29. The lowest BCUT2D eigenvalue weighted by Crippen LogP contribution is -2.70. The first-order valence-corrected chi connectivity index (χ1v) is 11.9. The molecule has 2 aliphatic rings. The van der Waals surface area contributed by atoms with E-state index in [0.717, 1.165) is 10.0 Å². The zero-order valence-corrected chi connectivity index (χ0v) is 19.6. The van der Waals surface area contributed by atoms with Gasteiger partial charge in [0.05, 0.1) is 0 Å². The van der Waals surface area contributed by atoms with Gasteiger partial charge in [0, 0.05) is 28.6 Å². The SMILES string of the molecule is Cc1ccc(C(=O)N[C@H]2C(=O)N3C(C(=O)O)=C(CSc4nnnn4C)CS[C@@H]23)cc1Br. The van der Waals surface area contributed by atoms with Crippen LogP contribution in [-0.4, -0.2) is 70.9 Å². The lowest BCUT2D eigenvalue weighted by molar-refractivity contribution is -0.148. The molecule has 2 atom stereocenters. The Balaban J connectivity index is 1.49. The summed E-state index contributed by atoms with van der Waals surface area (Å²) in [7, 11) is 1.69. The van der Waals surface area contributed by atoms with Crippen molar-refractivity contribution in [2.24, 2.45) is 7.05 Å². The number of carbonyl (C=O) groups is 3. The molecule has 2 N–H and O–H groups in total. The van der Waals surface area contributed by atoms with Crippen LogP contribution < -0.4 is 5.32 Å². The summed E-state index contributed by atoms with van der Waals surface area (Å²) in [5.41, 5.74) is 2.00. The number of thioether (sulfide) groups is 2. The van der Waals surface area contributed by atoms with Crippen LogP contribution >= 0.6 is 39.5 Å². The molecule has 1 fully saturated rings. The number of tetrazole rings is 1. The van der Waals surface area contributed by atoms with Gasteiger partial charge in [0.25, 0.3) is 11.8 Å². The van der Waals surface area contributed by atoms with Crippen LogP contribution in [0.3, 0.4) is 0 Å². The lowest BCUT2D eigenvalue weighted by atomic mass is 10.0. The minimum absolute atomic E-state index is 0.0278. The average Bonchev–Trinajstić information content (AvgIpc) is 3.15. The molecule has 4 rings (SSSR count). The highest BCUT2D eigenvalue weighted by molar-refractivity contribution is 9.10. The molecule has 2 aliphatic heterocycles. The number of aliphatic carboxylic acids is 1. The number of rotatable bonds is 6. The third-order valence-electron chi connectivity index (χ3n) is 4.93. The zero-order valence-electron chi connectivity index (χ0n) is 16.4. The highest BCUT2D eigenvalue weighted by Crippen LogP contribution is 2.41. The fourth-order valence-corrected chi connectivity index (χ4v) is 5.96. The summed E-state index contributed by atoms with van der Waals surface area (Å²) >= 11 is 6.12. The van der Waals surface area contributed by atoms with E-state index in [1.807, 2.05) is 13.0 Å². The van der Waals surface area contributed by atoms with Gasteiger partial charge in [0.2, 0.25) is 5.16 Å². The third-order valence-corrected chi connectivity index (χ3v) is 8.22. The minimum Gasteiger partial charge on any atom is -0.477 e. The molecule has 10 nitrogen and oxygen atoms in total. The van der Waals surface area contributed by atoms with Crippen LogP contribution in [0.25, 0.3) is 0 Å². The van der Waals surface area contributed by atoms with E-state index in [-0.39, 0.29) is 11.6 Å². The Morgan fingerprint density at radius 1 is 1.42 bits per heavy atom. The molecule has 0 bridgehead atoms. The molecule has 2 amide bonds. The molecule has 0 aliphatic carbocycles. The van der Waals surface area contributed by atoms with Gasteiger partial charge in [0.1, 0.15) is 17.1 Å². The summed E-state index contributed by atoms with van der Waals surface area (Å²) in [4.78, 5) is 38.6. The van der Waals surface area contributed by atoms with E-state index in [0.29, 0.717) is 27.8 Å². The zero-order chi connectivity index (χ0) is 22.3. The van der Waals surface area contributed by atoms with Crippen LogP contribution in [0.1, 0.15) is 15.9 Å². The van der Waals surface area contributed by atoms with Crippen molar-refractivity contribution >= 4 is 57.2 Å². The molecule has 2 aromatic rings. The number of carbonyl (C=O) groups excluding carboxylic acids is 2. The maximum atomic E-state index is 12.8. The topological polar surface area (TPSA) is 130 Å². The van der Waals surface area contributed by atoms with Gasteiger partial charge in [-0.05, 0) is 40.6 Å². The number of amides is 2. The van der Waals surface area contributed by atoms with Gasteiger partial charge in [-0.1, -0.05) is 33.8 Å². The summed E-state index contributed by atoms with van der Waals surface area (Å²) in [6.45, 7) is 1.91. The molecular weight excluding hydrogens is 508 g/mol. The van der Waals surface area contributed by atoms with Crippen molar-refractivity contribution in [3.05, 3.63) is 45.1 Å². The number of nitrogens with zero attached hydrogens (tertiary/aromatic N) is 5. The van der Waals surface area contributed by atoms with E-state index in [1.165, 1.54) is 33.1 Å². The number of halogens is 1. The smallest absolute Gasteiger partial charge is 0.352 e. The summed E-state index contributed by atoms with van der Waals surface area (Å²) in [5.74, 6) is -1.21. The molecule has 13 heteroatoms. The Morgan fingerprint density at radius 3 is 2.84 bits per heavy atom. The first-order chi connectivity index (χ1) is 14.8. The lowest BCUT2D eigenvalue weighted by Gasteiger charge is -2.49. The number of nitrogens with one attached hydrogen (secondary N) is 1. The predicted molar refractivity (Wildman–Crippen MR) is 117 cm³/mol. The number of benzene rings is 1. The van der Waals surface area contributed by atoms with Crippen LogP contribution in [0, 0.1) is 6.92 Å². The molecule has 1 aromatic heterocycles. The molecule has 1 saturated heterocycles. The maximum absolute atomic E-state index is 12.8. The summed E-state index contributed by atoms with van der Waals surface area (Å²) in [5, 5.41) is 23.8. The molecule has 0 unspecified atom stereocenters. The number of aryl methyl sites for hydroxylation is 2. The molecule has 31 heavy (non-hydrogen) atoms. The second-order valence-electron chi connectivity index (χ2n) is 6.96. The Bertz CT molecular complexity index is 1120. The van der Waals surface area contributed by atoms with Crippen LogP contribution in [0.4, 0.5) is 0 Å². The van der Waals surface area contributed by atoms with E-state index in [9.17, 15) is 19.5 Å². The molecule has 0 radical (unpaired) electrons. The molecule has 0 spiro atoms. The number of hydrogen-bond acceptors (Lipinski definition) is 8. The number of aromatic nitrogens is 4. The van der Waals surface area contributed by atoms with Crippen LogP contribution in [-0.2, 0) is 16.6 Å². The van der Waals surface area contributed by atoms with Crippen molar-refractivity contribution in [3.63, 3.8) is 0 Å². The van der Waals surface area contributed by atoms with Gasteiger partial charge in [0.15, 0.2) is 0 Å². The van der Waals surface area contributed by atoms with Crippen molar-refractivity contribution in [2.45, 2.75) is 23.5 Å². The first-order valence-electron chi connectivity index (χ1n) is 9.10. The Morgan fingerprint density at radius 2 is 2.19 bits per heavy atom. The van der Waals surface area contributed by atoms with Gasteiger partial charge in [-0.15, -0.1) is 16.9 Å². The number of fused-ring (bicyclic) bond motifs is 1. The highest BCUT2D eigenvalue weighted by atomic mass is 79.9. The van der Waals surface area contributed by atoms with Crippen LogP contribution in [0.5, 0.6) is 0 Å². The highest BCUT2D eigenvalue weighted by Gasteiger charge is 2.54. The number of hydrogen-bond donors (Lipinski definition) is 2. The van der Waals surface area contributed by atoms with Gasteiger partial charge in [-0.3, -0.25) is 14.5 Å². The standard InChI is InChI=1S/C18H17BrN6O4S2/c1-8-3-4-9(5-11(8)19)14(26)20-12-15(27)25-13(17(28)29)10(6-30-16(12)25)7-31-18-21-22-23-24(18)2/h3-5,12,16H,6-7H2,1-2H3,(H,20,26)(H,28,29)/t12-,16-/m0/s1. The molecule has 1 aromatic carbocycles. The van der Waals surface area contributed by atoms with Crippen molar-refractivity contribution in [2.75, 3.05) is 11.5 Å². The fraction of sp³-hybridized carbons (Fsp3) is 0.333. The van der Waals surface area contributed by atoms with Crippen molar-refractivity contribution in [1.29, 1.82) is 0 Å². The molecule has 162 valence electrons. The number of carboxylic acid groups (broad SMARTS) is 1. The van der Waals surface area contributed by atoms with Gasteiger partial charge in [-0.2, -0.15) is 0 Å². The second kappa shape index (κ2) is 8.63. The van der Waals surface area contributed by atoms with Gasteiger partial charge >= 0.3 is 5.97 Å². The van der Waals surface area contributed by atoms with Crippen LogP contribution in [0.2, 0.25) is 0 Å². The van der Waals surface area contributed by atoms with Crippen molar-refractivity contribution < 1.29 is 19.5 Å². The molecule has 0 saturated carbocycles. The fourth-order valence-electron chi connectivity index (χ4n) is 3.25. The van der Waals surface area contributed by atoms with E-state index in [1.54, 1.807) is 19.2 Å². The maximum Gasteiger partial charge on any atom is 0.352 e. The van der Waals surface area contributed by atoms with Crippen molar-refractivity contribution in [1.82, 2.24) is 30.4 Å². The van der Waals surface area contributed by atoms with Gasteiger partial charge < -0.3 is 10.4 Å². The molecule has 3 heterocycles. The van der Waals surface area contributed by atoms with E-state index in [4.69, 9.17) is 0 Å². The Kier molecular flexibility index (Phi) is 6.08. The largest absolute Gasteiger partial charge is 0.477 e. The predicted octanol–water partition coefficient (Wildman–Crippen LogP) is 1.43. The van der Waals surface area contributed by atoms with Gasteiger partial charge in [-0.25, -0.2) is 9.48 Å². The third kappa shape index (κ3) is 4.08. The Labute approximate surface area is 193 Å². The monoisotopic (exact) mass is 524 g/mol. The number of carboxylic acids is 1. The number of β-lactam (4-membered cyclic amide) rings is 1. The minimum atomic E-state index is -1.17. The Hall–Kier alpha value is -2.38. The van der Waals surface area contributed by atoms with Crippen molar-refractivity contribution in [3.8, 4) is 0 Å². The normalized spacial score (nSPS) is 20.4. The van der Waals surface area contributed by atoms with E-state index in [2.05, 4.69) is 36.8 Å². The second-order valence-corrected chi connectivity index (χ2v) is 9.86. The summed E-state index contributed by atoms with van der Waals surface area (Å²) in [6.07, 6.45) is 0. The average molecular weight is 525 g/mol. The van der Waals surface area contributed by atoms with E-state index >= 15 is 0 Å². The summed E-state index contributed by atoms with van der Waals surface area (Å²) in [6, 6.07) is 4.41. The first kappa shape index (κ1) is 21.8. The quantitative estimate of drug-likeness (QED) is 0.425. The molecular formula is C18H17BrN6O4S2. The van der Waals surface area contributed by atoms with Crippen LogP contribution in [0.15, 0.2) is 39.1 Å². The van der Waals surface area contributed by atoms with E-state index < -0.39 is 23.3 Å².